The maximum absolute atomic E-state index is 13.4. The molecule has 244 valence electrons. The highest BCUT2D eigenvalue weighted by Crippen LogP contribution is 2.43. The zero-order valence-corrected chi connectivity index (χ0v) is 31.3. The van der Waals surface area contributed by atoms with Gasteiger partial charge in [-0.2, -0.15) is 0 Å². The Labute approximate surface area is 260 Å². The van der Waals surface area contributed by atoms with Crippen molar-refractivity contribution >= 4 is 28.4 Å². The van der Waals surface area contributed by atoms with E-state index >= 15 is 0 Å². The molecule has 0 radical (unpaired) electrons. The number of rotatable bonds is 17. The second-order valence-electron chi connectivity index (χ2n) is 15.5. The van der Waals surface area contributed by atoms with Crippen LogP contribution < -0.4 is 0 Å². The van der Waals surface area contributed by atoms with E-state index in [-0.39, 0.29) is 40.4 Å². The molecule has 0 spiro atoms. The van der Waals surface area contributed by atoms with Crippen molar-refractivity contribution in [3.63, 3.8) is 0 Å². The van der Waals surface area contributed by atoms with Gasteiger partial charge in [-0.25, -0.2) is 0 Å². The Morgan fingerprint density at radius 2 is 1.57 bits per heavy atom. The first-order chi connectivity index (χ1) is 19.1. The Morgan fingerprint density at radius 3 is 2.07 bits per heavy atom. The number of hydrogen-bond donors (Lipinski definition) is 1. The monoisotopic (exact) mass is 624 g/mol. The first-order valence-electron chi connectivity index (χ1n) is 16.2. The molecule has 6 nitrogen and oxygen atoms in total. The van der Waals surface area contributed by atoms with Crippen molar-refractivity contribution in [3.05, 3.63) is 23.8 Å². The third-order valence-corrected chi connectivity index (χ3v) is 19.0. The number of aliphatic carboxylic acids is 1. The molecule has 0 aliphatic heterocycles. The third-order valence-electron chi connectivity index (χ3n) is 10.00. The van der Waals surface area contributed by atoms with Gasteiger partial charge in [-0.15, -0.1) is 0 Å². The van der Waals surface area contributed by atoms with E-state index in [4.69, 9.17) is 18.7 Å². The highest BCUT2D eigenvalue weighted by atomic mass is 28.4. The fourth-order valence-electron chi connectivity index (χ4n) is 4.79. The zero-order chi connectivity index (χ0) is 32.6. The van der Waals surface area contributed by atoms with Crippen LogP contribution in [0.25, 0.3) is 0 Å². The summed E-state index contributed by atoms with van der Waals surface area (Å²) in [7, 11) is -2.49. The molecule has 4 atom stereocenters. The smallest absolute Gasteiger partial charge is 0.303 e. The Balaban J connectivity index is 3.50. The predicted molar refractivity (Wildman–Crippen MR) is 180 cm³/mol. The lowest BCUT2D eigenvalue weighted by Crippen LogP contribution is -2.51. The summed E-state index contributed by atoms with van der Waals surface area (Å²) in [4.78, 5) is 24.3. The Kier molecular flexibility index (Phi) is 14.6. The van der Waals surface area contributed by atoms with Gasteiger partial charge in [0.1, 0.15) is 0 Å². The third kappa shape index (κ3) is 11.1. The molecule has 0 heterocycles. The van der Waals surface area contributed by atoms with Crippen LogP contribution in [0.5, 0.6) is 0 Å². The molecule has 1 fully saturated rings. The second-order valence-corrected chi connectivity index (χ2v) is 25.0. The highest BCUT2D eigenvalue weighted by molar-refractivity contribution is 6.74. The van der Waals surface area contributed by atoms with Crippen molar-refractivity contribution < 1.29 is 28.3 Å². The Bertz CT molecular complexity index is 941. The molecule has 0 amide bonds. The quantitative estimate of drug-likeness (QED) is 0.0751. The number of allylic oxidation sites excluding steroid dienone is 1. The van der Waals surface area contributed by atoms with E-state index in [1.165, 1.54) is 0 Å². The number of unbranched alkanes of at least 4 members (excludes halogenated alkanes) is 4. The minimum atomic E-state index is -2.14. The standard InChI is InChI=1S/C34H64O6Si2/c1-14-15-24-34(8,38-9)30(40-42(12,13)33(5,6)7)23-22-27-26(20-18-16-17-19-21-31(36)37)28(35)25-29(27)39-41(10,11)32(2,3)4/h20,22-23,27,29-30H,14-19,21,24-25H2,1-13H3,(H,36,37)/t27-,29-,30-,34-/m1/s1. The molecule has 1 N–H and O–H groups in total. The van der Waals surface area contributed by atoms with Crippen LogP contribution in [0.4, 0.5) is 0 Å². The van der Waals surface area contributed by atoms with Gasteiger partial charge in [0.15, 0.2) is 22.4 Å². The van der Waals surface area contributed by atoms with E-state index in [2.05, 4.69) is 99.8 Å². The van der Waals surface area contributed by atoms with Gasteiger partial charge in [0.05, 0.1) is 17.8 Å². The number of hydrogen-bond acceptors (Lipinski definition) is 5. The molecule has 0 aromatic heterocycles. The molecular formula is C34H64O6Si2. The van der Waals surface area contributed by atoms with Crippen LogP contribution >= 0.6 is 0 Å². The van der Waals surface area contributed by atoms with E-state index in [1.807, 2.05) is 0 Å². The maximum atomic E-state index is 13.4. The van der Waals surface area contributed by atoms with Gasteiger partial charge in [0.2, 0.25) is 0 Å². The van der Waals surface area contributed by atoms with Crippen LogP contribution in [0.3, 0.4) is 0 Å². The number of carboxylic acid groups (broad SMARTS) is 1. The first-order valence-corrected chi connectivity index (χ1v) is 22.0. The lowest BCUT2D eigenvalue weighted by molar-refractivity contribution is -0.137. The van der Waals surface area contributed by atoms with Gasteiger partial charge in [0, 0.05) is 31.4 Å². The molecule has 1 aliphatic carbocycles. The van der Waals surface area contributed by atoms with Crippen molar-refractivity contribution in [2.75, 3.05) is 7.11 Å². The molecule has 8 heteroatoms. The van der Waals surface area contributed by atoms with Gasteiger partial charge >= 0.3 is 5.97 Å². The molecule has 42 heavy (non-hydrogen) atoms. The molecule has 0 bridgehead atoms. The van der Waals surface area contributed by atoms with Gasteiger partial charge in [-0.1, -0.05) is 86.0 Å². The van der Waals surface area contributed by atoms with Gasteiger partial charge < -0.3 is 18.7 Å². The summed E-state index contributed by atoms with van der Waals surface area (Å²) in [5.41, 5.74) is 0.334. The van der Waals surface area contributed by atoms with E-state index in [1.54, 1.807) is 7.11 Å². The van der Waals surface area contributed by atoms with Crippen molar-refractivity contribution in [1.82, 2.24) is 0 Å². The van der Waals surface area contributed by atoms with Crippen LogP contribution in [0.15, 0.2) is 23.8 Å². The molecule has 1 saturated carbocycles. The topological polar surface area (TPSA) is 82.1 Å². The number of ether oxygens (including phenoxy) is 1. The van der Waals surface area contributed by atoms with Crippen LogP contribution in [0.2, 0.25) is 36.3 Å². The fraction of sp³-hybridized carbons (Fsp3) is 0.824. The minimum Gasteiger partial charge on any atom is -0.481 e. The summed E-state index contributed by atoms with van der Waals surface area (Å²) in [6.07, 6.45) is 12.7. The maximum Gasteiger partial charge on any atom is 0.303 e. The van der Waals surface area contributed by atoms with Crippen molar-refractivity contribution in [2.24, 2.45) is 5.92 Å². The number of Topliss-reactive ketones (excluding diaryl/α,β-unsaturated/α-hetero) is 1. The van der Waals surface area contributed by atoms with Crippen molar-refractivity contribution in [3.8, 4) is 0 Å². The molecule has 1 rings (SSSR count). The lowest BCUT2D eigenvalue weighted by Gasteiger charge is -2.44. The number of carbonyl (C=O) groups is 2. The van der Waals surface area contributed by atoms with Gasteiger partial charge in [-0.3, -0.25) is 9.59 Å². The Hall–Kier alpha value is -1.07. The average molecular weight is 625 g/mol. The predicted octanol–water partition coefficient (Wildman–Crippen LogP) is 9.47. The zero-order valence-electron chi connectivity index (χ0n) is 29.3. The fourth-order valence-corrected chi connectivity index (χ4v) is 7.44. The molecule has 1 aliphatic rings. The number of methoxy groups -OCH3 is 1. The normalized spacial score (nSPS) is 22.2. The first kappa shape index (κ1) is 39.0. The molecular weight excluding hydrogens is 561 g/mol. The van der Waals surface area contributed by atoms with Crippen molar-refractivity contribution in [2.45, 2.75) is 167 Å². The largest absolute Gasteiger partial charge is 0.481 e. The van der Waals surface area contributed by atoms with Gasteiger partial charge in [0.25, 0.3) is 0 Å². The minimum absolute atomic E-state index is 0.0314. The lowest BCUT2D eigenvalue weighted by atomic mass is 9.90. The number of carboxylic acids is 1. The molecule has 0 saturated heterocycles. The van der Waals surface area contributed by atoms with Crippen molar-refractivity contribution in [1.29, 1.82) is 0 Å². The van der Waals surface area contributed by atoms with E-state index < -0.39 is 28.2 Å². The SMILES string of the molecule is CCCC[C@@](C)(OC)[C@@H](C=C[C@@H]1C(=CCCCCCC(=O)O)C(=O)C[C@H]1O[Si](C)(C)C(C)(C)C)O[Si](C)(C)C(C)(C)C. The van der Waals surface area contributed by atoms with Crippen LogP contribution in [-0.2, 0) is 23.2 Å². The van der Waals surface area contributed by atoms with E-state index in [9.17, 15) is 9.59 Å². The van der Waals surface area contributed by atoms with E-state index in [0.29, 0.717) is 12.8 Å². The highest BCUT2D eigenvalue weighted by Gasteiger charge is 2.46. The second kappa shape index (κ2) is 15.8. The number of carbonyl (C=O) groups excluding carboxylic acids is 1. The summed E-state index contributed by atoms with van der Waals surface area (Å²) in [6.45, 7) is 26.9. The summed E-state index contributed by atoms with van der Waals surface area (Å²) in [5.74, 6) is -0.753. The summed E-state index contributed by atoms with van der Waals surface area (Å²) >= 11 is 0. The van der Waals surface area contributed by atoms with Crippen LogP contribution in [0, 0.1) is 5.92 Å². The van der Waals surface area contributed by atoms with Crippen LogP contribution in [0.1, 0.15) is 113 Å². The van der Waals surface area contributed by atoms with Crippen LogP contribution in [-0.4, -0.2) is 58.4 Å². The Morgan fingerprint density at radius 1 is 0.976 bits per heavy atom. The summed E-state index contributed by atoms with van der Waals surface area (Å²) < 4.78 is 20.2. The average Bonchev–Trinajstić information content (AvgIpc) is 3.13. The number of ketones is 1. The molecule has 0 aromatic carbocycles. The summed E-state index contributed by atoms with van der Waals surface area (Å²) in [5, 5.41) is 9.02. The van der Waals surface area contributed by atoms with Gasteiger partial charge in [-0.05, 0) is 68.9 Å². The van der Waals surface area contributed by atoms with E-state index in [0.717, 1.165) is 44.1 Å². The molecule has 0 aromatic rings. The summed E-state index contributed by atoms with van der Waals surface area (Å²) in [6, 6.07) is 0. The molecule has 0 unspecified atom stereocenters.